The molecule has 0 radical (unpaired) electrons. The van der Waals surface area contributed by atoms with Crippen molar-refractivity contribution in [2.75, 3.05) is 31.1 Å². The quantitative estimate of drug-likeness (QED) is 0.804. The summed E-state index contributed by atoms with van der Waals surface area (Å²) < 4.78 is 2.11. The molecule has 2 aromatic heterocycles. The fourth-order valence-electron chi connectivity index (χ4n) is 3.53. The molecule has 24 heavy (non-hydrogen) atoms. The first-order chi connectivity index (χ1) is 11.6. The van der Waals surface area contributed by atoms with Gasteiger partial charge in [0.2, 0.25) is 5.95 Å². The van der Waals surface area contributed by atoms with Gasteiger partial charge in [0.25, 0.3) is 0 Å². The van der Waals surface area contributed by atoms with Crippen LogP contribution in [0.25, 0.3) is 22.3 Å². The Morgan fingerprint density at radius 3 is 2.54 bits per heavy atom. The number of fused-ring (bicyclic) bond motifs is 1. The summed E-state index contributed by atoms with van der Waals surface area (Å²) in [6.45, 7) is 8.66. The summed E-state index contributed by atoms with van der Waals surface area (Å²) in [6.07, 6.45) is 2.02. The number of hydrogen-bond donors (Lipinski definition) is 1. The van der Waals surface area contributed by atoms with Crippen LogP contribution in [-0.2, 0) is 7.05 Å². The molecule has 126 valence electrons. The minimum absolute atomic E-state index is 0.605. The lowest BCUT2D eigenvalue weighted by molar-refractivity contribution is 0.208. The highest BCUT2D eigenvalue weighted by molar-refractivity contribution is 5.93. The molecule has 0 spiro atoms. The molecule has 1 aliphatic rings. The second-order valence-electron chi connectivity index (χ2n) is 6.75. The number of hydrogen-bond acceptors (Lipinski definition) is 4. The highest BCUT2D eigenvalue weighted by atomic mass is 15.4. The van der Waals surface area contributed by atoms with Gasteiger partial charge in [-0.1, -0.05) is 18.2 Å². The summed E-state index contributed by atoms with van der Waals surface area (Å²) >= 11 is 0. The zero-order chi connectivity index (χ0) is 16.7. The molecule has 0 bridgehead atoms. The fraction of sp³-hybridized carbons (Fsp3) is 0.444. The summed E-state index contributed by atoms with van der Waals surface area (Å²) in [6, 6.07) is 8.91. The van der Waals surface area contributed by atoms with E-state index >= 15 is 0 Å². The Morgan fingerprint density at radius 2 is 1.79 bits per heavy atom. The van der Waals surface area contributed by atoms with Crippen molar-refractivity contribution in [3.05, 3.63) is 30.5 Å². The first kappa shape index (κ1) is 15.2. The molecular formula is C18H24N6. The maximum absolute atomic E-state index is 4.48. The van der Waals surface area contributed by atoms with Crippen molar-refractivity contribution in [2.45, 2.75) is 19.9 Å². The van der Waals surface area contributed by atoms with Gasteiger partial charge in [-0.25, -0.2) is 0 Å². The average molecular weight is 324 g/mol. The minimum Gasteiger partial charge on any atom is -0.360 e. The number of aromatic nitrogens is 4. The van der Waals surface area contributed by atoms with E-state index in [9.17, 15) is 0 Å². The Balaban J connectivity index is 1.62. The number of nitrogens with one attached hydrogen (secondary N) is 1. The van der Waals surface area contributed by atoms with Gasteiger partial charge < -0.3 is 9.88 Å². The predicted molar refractivity (Wildman–Crippen MR) is 97.2 cm³/mol. The van der Waals surface area contributed by atoms with Crippen molar-refractivity contribution >= 4 is 16.9 Å². The maximum atomic E-state index is 4.48. The molecule has 1 N–H and O–H groups in total. The van der Waals surface area contributed by atoms with Gasteiger partial charge in [-0.3, -0.25) is 9.47 Å². The van der Waals surface area contributed by atoms with Crippen LogP contribution in [-0.4, -0.2) is 56.9 Å². The zero-order valence-electron chi connectivity index (χ0n) is 14.5. The van der Waals surface area contributed by atoms with Crippen molar-refractivity contribution in [2.24, 2.45) is 7.05 Å². The van der Waals surface area contributed by atoms with Crippen LogP contribution in [0.5, 0.6) is 0 Å². The lowest BCUT2D eigenvalue weighted by Crippen LogP contribution is -2.49. The summed E-state index contributed by atoms with van der Waals surface area (Å²) in [4.78, 5) is 8.16. The highest BCUT2D eigenvalue weighted by Crippen LogP contribution is 2.29. The van der Waals surface area contributed by atoms with Crippen molar-refractivity contribution in [1.29, 1.82) is 0 Å². The van der Waals surface area contributed by atoms with Crippen LogP contribution in [0.1, 0.15) is 13.8 Å². The van der Waals surface area contributed by atoms with Crippen LogP contribution in [0.4, 0.5) is 5.95 Å². The lowest BCUT2D eigenvalue weighted by Gasteiger charge is -2.37. The first-order valence-corrected chi connectivity index (χ1v) is 8.60. The number of H-pyrrole nitrogens is 1. The Labute approximate surface area is 142 Å². The third kappa shape index (κ3) is 2.47. The topological polar surface area (TPSA) is 53.0 Å². The van der Waals surface area contributed by atoms with Gasteiger partial charge in [-0.05, 0) is 19.9 Å². The molecule has 6 nitrogen and oxygen atoms in total. The molecule has 0 atom stereocenters. The Bertz CT molecular complexity index is 838. The standard InChI is InChI=1S/C18H24N6/c1-13(2)23-8-10-24(11-9-23)18-21-20-17(22(18)3)15-12-19-16-7-5-4-6-14(15)16/h4-7,12-13,19H,8-11H2,1-3H3. The molecule has 4 rings (SSSR count). The minimum atomic E-state index is 0.605. The summed E-state index contributed by atoms with van der Waals surface area (Å²) in [5.74, 6) is 1.87. The summed E-state index contributed by atoms with van der Waals surface area (Å²) in [7, 11) is 2.06. The maximum Gasteiger partial charge on any atom is 0.227 e. The third-order valence-electron chi connectivity index (χ3n) is 5.01. The number of piperazine rings is 1. The Morgan fingerprint density at radius 1 is 1.04 bits per heavy atom. The van der Waals surface area contributed by atoms with Gasteiger partial charge in [0, 0.05) is 61.9 Å². The van der Waals surface area contributed by atoms with Crippen molar-refractivity contribution in [3.63, 3.8) is 0 Å². The number of anilines is 1. The number of para-hydroxylation sites is 1. The molecule has 0 amide bonds. The molecule has 1 fully saturated rings. The molecular weight excluding hydrogens is 300 g/mol. The van der Waals surface area contributed by atoms with Gasteiger partial charge in [-0.15, -0.1) is 10.2 Å². The van der Waals surface area contributed by atoms with Crippen molar-refractivity contribution < 1.29 is 0 Å². The molecule has 3 aromatic rings. The molecule has 0 aliphatic carbocycles. The lowest BCUT2D eigenvalue weighted by atomic mass is 10.1. The van der Waals surface area contributed by atoms with Crippen LogP contribution >= 0.6 is 0 Å². The number of rotatable bonds is 3. The molecule has 1 saturated heterocycles. The highest BCUT2D eigenvalue weighted by Gasteiger charge is 2.23. The van der Waals surface area contributed by atoms with Gasteiger partial charge in [-0.2, -0.15) is 0 Å². The van der Waals surface area contributed by atoms with E-state index < -0.39 is 0 Å². The largest absolute Gasteiger partial charge is 0.360 e. The van der Waals surface area contributed by atoms with E-state index in [4.69, 9.17) is 0 Å². The Hall–Kier alpha value is -2.34. The van der Waals surface area contributed by atoms with Crippen LogP contribution in [0, 0.1) is 0 Å². The smallest absolute Gasteiger partial charge is 0.227 e. The second-order valence-corrected chi connectivity index (χ2v) is 6.75. The normalized spacial score (nSPS) is 16.4. The monoisotopic (exact) mass is 324 g/mol. The fourth-order valence-corrected chi connectivity index (χ4v) is 3.53. The second kappa shape index (κ2) is 5.94. The van der Waals surface area contributed by atoms with Crippen molar-refractivity contribution in [3.8, 4) is 11.4 Å². The number of benzene rings is 1. The van der Waals surface area contributed by atoms with Crippen LogP contribution < -0.4 is 4.90 Å². The SMILES string of the molecule is CC(C)N1CCN(c2nnc(-c3c[nH]c4ccccc34)n2C)CC1. The molecule has 1 aliphatic heterocycles. The summed E-state index contributed by atoms with van der Waals surface area (Å²) in [5.41, 5.74) is 2.23. The molecule has 0 unspecified atom stereocenters. The van der Waals surface area contributed by atoms with E-state index in [0.717, 1.165) is 49.0 Å². The van der Waals surface area contributed by atoms with Gasteiger partial charge in [0.15, 0.2) is 5.82 Å². The number of nitrogens with zero attached hydrogens (tertiary/aromatic N) is 5. The van der Waals surface area contributed by atoms with E-state index in [1.807, 2.05) is 12.3 Å². The molecule has 0 saturated carbocycles. The predicted octanol–water partition coefficient (Wildman–Crippen LogP) is 2.49. The molecule has 3 heterocycles. The third-order valence-corrected chi connectivity index (χ3v) is 5.01. The van der Waals surface area contributed by atoms with Crippen LogP contribution in [0.2, 0.25) is 0 Å². The van der Waals surface area contributed by atoms with E-state index in [-0.39, 0.29) is 0 Å². The van der Waals surface area contributed by atoms with E-state index in [0.29, 0.717) is 6.04 Å². The first-order valence-electron chi connectivity index (χ1n) is 8.60. The average Bonchev–Trinajstić information content (AvgIpc) is 3.18. The summed E-state index contributed by atoms with van der Waals surface area (Å²) in [5, 5.41) is 10.1. The van der Waals surface area contributed by atoms with E-state index in [2.05, 4.69) is 68.6 Å². The van der Waals surface area contributed by atoms with Gasteiger partial charge in [0.1, 0.15) is 0 Å². The van der Waals surface area contributed by atoms with E-state index in [1.54, 1.807) is 0 Å². The van der Waals surface area contributed by atoms with Crippen molar-refractivity contribution in [1.82, 2.24) is 24.6 Å². The van der Waals surface area contributed by atoms with Crippen LogP contribution in [0.15, 0.2) is 30.5 Å². The Kier molecular flexibility index (Phi) is 3.76. The molecule has 1 aromatic carbocycles. The van der Waals surface area contributed by atoms with Gasteiger partial charge >= 0.3 is 0 Å². The zero-order valence-corrected chi connectivity index (χ0v) is 14.5. The van der Waals surface area contributed by atoms with Crippen LogP contribution in [0.3, 0.4) is 0 Å². The van der Waals surface area contributed by atoms with Gasteiger partial charge in [0.05, 0.1) is 0 Å². The number of aromatic amines is 1. The van der Waals surface area contributed by atoms with E-state index in [1.165, 1.54) is 5.39 Å². The molecule has 6 heteroatoms.